The third-order valence-electron chi connectivity index (χ3n) is 4.16. The second-order valence-electron chi connectivity index (χ2n) is 5.66. The number of rotatable bonds is 7. The first-order valence-electron chi connectivity index (χ1n) is 7.66. The van der Waals surface area contributed by atoms with Crippen LogP contribution in [0.3, 0.4) is 0 Å². The Kier molecular flexibility index (Phi) is 6.27. The zero-order chi connectivity index (χ0) is 13.7. The van der Waals surface area contributed by atoms with Crippen molar-refractivity contribution < 1.29 is 4.79 Å². The van der Waals surface area contributed by atoms with Gasteiger partial charge < -0.3 is 0 Å². The number of thiol groups is 1. The maximum absolute atomic E-state index is 11.8. The molecule has 19 heavy (non-hydrogen) atoms. The first-order valence-corrected chi connectivity index (χ1v) is 10.3. The molecule has 0 spiro atoms. The summed E-state index contributed by atoms with van der Waals surface area (Å²) < 4.78 is 0. The van der Waals surface area contributed by atoms with Crippen molar-refractivity contribution in [2.45, 2.75) is 68.1 Å². The Morgan fingerprint density at radius 2 is 2.32 bits per heavy atom. The van der Waals surface area contributed by atoms with Gasteiger partial charge in [-0.1, -0.05) is 32.6 Å². The summed E-state index contributed by atoms with van der Waals surface area (Å²) in [7, 11) is -0.0433. The minimum absolute atomic E-state index is 0.0433. The second-order valence-corrected chi connectivity index (χ2v) is 9.62. The molecule has 110 valence electrons. The maximum Gasteiger partial charge on any atom is 0.146 e. The van der Waals surface area contributed by atoms with Crippen molar-refractivity contribution in [2.75, 3.05) is 12.3 Å². The van der Waals surface area contributed by atoms with Crippen LogP contribution in [-0.4, -0.2) is 39.4 Å². The number of carbonyl (C=O) groups excluding carboxylic acids is 1. The lowest BCUT2D eigenvalue weighted by atomic mass is 10.1. The van der Waals surface area contributed by atoms with Crippen LogP contribution in [0.1, 0.15) is 52.4 Å². The van der Waals surface area contributed by atoms with E-state index in [-0.39, 0.29) is 16.1 Å². The fourth-order valence-electron chi connectivity index (χ4n) is 2.97. The Bertz CT molecular complexity index is 332. The summed E-state index contributed by atoms with van der Waals surface area (Å²) in [6, 6.07) is 0. The van der Waals surface area contributed by atoms with E-state index in [2.05, 4.69) is 24.4 Å². The van der Waals surface area contributed by atoms with Crippen LogP contribution in [0.15, 0.2) is 4.99 Å². The molecule has 2 aliphatic rings. The SMILES string of the molecule is CCCCCCC(C1CC(=O)C(C)S1)[SH]1C=NCC1. The van der Waals surface area contributed by atoms with Gasteiger partial charge in [0.25, 0.3) is 0 Å². The van der Waals surface area contributed by atoms with Gasteiger partial charge in [-0.15, -0.1) is 11.8 Å². The van der Waals surface area contributed by atoms with Crippen LogP contribution in [0.4, 0.5) is 0 Å². The highest BCUT2D eigenvalue weighted by Gasteiger charge is 2.37. The fourth-order valence-corrected chi connectivity index (χ4v) is 7.33. The molecule has 1 fully saturated rings. The highest BCUT2D eigenvalue weighted by atomic mass is 32.2. The van der Waals surface area contributed by atoms with E-state index < -0.39 is 0 Å². The van der Waals surface area contributed by atoms with E-state index in [0.717, 1.165) is 18.2 Å². The average Bonchev–Trinajstić information content (AvgIpc) is 3.01. The number of nitrogens with zero attached hydrogens (tertiary/aromatic N) is 1. The van der Waals surface area contributed by atoms with Gasteiger partial charge in [0, 0.05) is 29.0 Å². The van der Waals surface area contributed by atoms with Crippen LogP contribution in [0.5, 0.6) is 0 Å². The summed E-state index contributed by atoms with van der Waals surface area (Å²) in [4.78, 5) is 16.3. The minimum atomic E-state index is -0.0433. The molecule has 0 amide bonds. The molecule has 1 saturated heterocycles. The van der Waals surface area contributed by atoms with Gasteiger partial charge in [0.15, 0.2) is 0 Å². The lowest BCUT2D eigenvalue weighted by Crippen LogP contribution is -2.23. The monoisotopic (exact) mass is 301 g/mol. The van der Waals surface area contributed by atoms with Crippen LogP contribution in [0.2, 0.25) is 0 Å². The molecule has 0 radical (unpaired) electrons. The quantitative estimate of drug-likeness (QED) is 0.572. The second kappa shape index (κ2) is 7.72. The van der Waals surface area contributed by atoms with E-state index >= 15 is 0 Å². The third-order valence-corrected chi connectivity index (χ3v) is 8.52. The van der Waals surface area contributed by atoms with Crippen molar-refractivity contribution in [2.24, 2.45) is 4.99 Å². The molecule has 0 aromatic heterocycles. The molecule has 4 heteroatoms. The van der Waals surface area contributed by atoms with E-state index in [1.54, 1.807) is 0 Å². The molecule has 2 aliphatic heterocycles. The summed E-state index contributed by atoms with van der Waals surface area (Å²) >= 11 is 1.94. The topological polar surface area (TPSA) is 29.4 Å². The Morgan fingerprint density at radius 1 is 1.47 bits per heavy atom. The molecular weight excluding hydrogens is 274 g/mol. The molecular formula is C15H27NOS2. The molecule has 0 bridgehead atoms. The Balaban J connectivity index is 1.90. The predicted octanol–water partition coefficient (Wildman–Crippen LogP) is 3.83. The van der Waals surface area contributed by atoms with Crippen LogP contribution in [0, 0.1) is 0 Å². The van der Waals surface area contributed by atoms with Crippen molar-refractivity contribution in [1.82, 2.24) is 0 Å². The maximum atomic E-state index is 11.8. The van der Waals surface area contributed by atoms with Crippen LogP contribution >= 0.6 is 22.7 Å². The molecule has 4 unspecified atom stereocenters. The Morgan fingerprint density at radius 3 is 2.89 bits per heavy atom. The molecule has 4 atom stereocenters. The number of ketones is 1. The molecule has 2 rings (SSSR count). The molecule has 0 saturated carbocycles. The average molecular weight is 302 g/mol. The van der Waals surface area contributed by atoms with E-state index in [1.165, 1.54) is 37.9 Å². The standard InChI is InChI=1S/C15H27NOS2/c1-3-4-5-6-7-15(19-9-8-16-11-19)14-10-13(17)12(2)18-14/h11-12,14-15,19H,3-10H2,1-2H3. The number of hydrogen-bond donors (Lipinski definition) is 1. The molecule has 0 N–H and O–H groups in total. The van der Waals surface area contributed by atoms with Crippen LogP contribution in [0.25, 0.3) is 0 Å². The number of hydrogen-bond acceptors (Lipinski definition) is 3. The first-order chi connectivity index (χ1) is 9.22. The van der Waals surface area contributed by atoms with E-state index in [1.807, 2.05) is 11.8 Å². The number of Topliss-reactive ketones (excluding diaryl/α,β-unsaturated/α-hetero) is 1. The highest BCUT2D eigenvalue weighted by molar-refractivity contribution is 8.29. The van der Waals surface area contributed by atoms with Gasteiger partial charge in [-0.2, -0.15) is 0 Å². The van der Waals surface area contributed by atoms with Crippen molar-refractivity contribution in [3.63, 3.8) is 0 Å². The van der Waals surface area contributed by atoms with Crippen molar-refractivity contribution >= 4 is 34.0 Å². The third kappa shape index (κ3) is 4.25. The highest BCUT2D eigenvalue weighted by Crippen LogP contribution is 2.45. The minimum Gasteiger partial charge on any atom is -0.298 e. The number of aliphatic imine (C=N–C) groups is 1. The number of thioether (sulfide) groups is 1. The van der Waals surface area contributed by atoms with Crippen LogP contribution < -0.4 is 0 Å². The van der Waals surface area contributed by atoms with Gasteiger partial charge in [0.2, 0.25) is 0 Å². The Labute approximate surface area is 124 Å². The fraction of sp³-hybridized carbons (Fsp3) is 0.867. The Hall–Kier alpha value is 0.0400. The predicted molar refractivity (Wildman–Crippen MR) is 90.2 cm³/mol. The largest absolute Gasteiger partial charge is 0.298 e. The smallest absolute Gasteiger partial charge is 0.146 e. The first kappa shape index (κ1) is 15.4. The summed E-state index contributed by atoms with van der Waals surface area (Å²) in [5.74, 6) is 1.74. The molecule has 0 aliphatic carbocycles. The zero-order valence-corrected chi connectivity index (χ0v) is 13.9. The van der Waals surface area contributed by atoms with Crippen molar-refractivity contribution in [3.8, 4) is 0 Å². The van der Waals surface area contributed by atoms with Gasteiger partial charge >= 0.3 is 0 Å². The normalized spacial score (nSPS) is 34.0. The van der Waals surface area contributed by atoms with Gasteiger partial charge in [0.1, 0.15) is 5.78 Å². The zero-order valence-electron chi connectivity index (χ0n) is 12.2. The van der Waals surface area contributed by atoms with Gasteiger partial charge in [0.05, 0.1) is 5.25 Å². The van der Waals surface area contributed by atoms with Gasteiger partial charge in [-0.3, -0.25) is 9.79 Å². The molecule has 2 nitrogen and oxygen atoms in total. The summed E-state index contributed by atoms with van der Waals surface area (Å²) in [5, 5.41) is 1.56. The lowest BCUT2D eigenvalue weighted by molar-refractivity contribution is -0.117. The molecule has 0 aromatic rings. The molecule has 2 heterocycles. The van der Waals surface area contributed by atoms with Crippen molar-refractivity contribution in [1.29, 1.82) is 0 Å². The van der Waals surface area contributed by atoms with Crippen molar-refractivity contribution in [3.05, 3.63) is 0 Å². The summed E-state index contributed by atoms with van der Waals surface area (Å²) in [6.45, 7) is 5.37. The van der Waals surface area contributed by atoms with Gasteiger partial charge in [-0.05, 0) is 19.1 Å². The van der Waals surface area contributed by atoms with E-state index in [4.69, 9.17) is 0 Å². The summed E-state index contributed by atoms with van der Waals surface area (Å²) in [6.07, 6.45) is 7.48. The molecule has 0 aromatic carbocycles. The summed E-state index contributed by atoms with van der Waals surface area (Å²) in [5.41, 5.74) is 2.24. The van der Waals surface area contributed by atoms with Gasteiger partial charge in [-0.25, -0.2) is 10.9 Å². The lowest BCUT2D eigenvalue weighted by Gasteiger charge is -2.29. The van der Waals surface area contributed by atoms with E-state index in [9.17, 15) is 4.79 Å². The van der Waals surface area contributed by atoms with E-state index in [0.29, 0.717) is 11.0 Å². The number of carbonyl (C=O) groups is 1. The van der Waals surface area contributed by atoms with Crippen LogP contribution in [-0.2, 0) is 4.79 Å². The number of unbranched alkanes of at least 4 members (excludes halogenated alkanes) is 3.